The fourth-order valence-electron chi connectivity index (χ4n) is 1.03. The Morgan fingerprint density at radius 2 is 2.08 bits per heavy atom. The minimum absolute atomic E-state index is 0.0851. The van der Waals surface area contributed by atoms with Gasteiger partial charge in [0.1, 0.15) is 0 Å². The Bertz CT molecular complexity index is 291. The molecule has 1 aromatic rings. The molecule has 13 heavy (non-hydrogen) atoms. The third-order valence-corrected chi connectivity index (χ3v) is 2.60. The van der Waals surface area contributed by atoms with E-state index in [1.165, 1.54) is 6.07 Å². The van der Waals surface area contributed by atoms with Gasteiger partial charge >= 0.3 is 0 Å². The molecule has 4 heteroatoms. The number of hydrogen-bond donors (Lipinski definition) is 3. The monoisotopic (exact) mass is 245 g/mol. The van der Waals surface area contributed by atoms with E-state index in [2.05, 4.69) is 21.2 Å². The van der Waals surface area contributed by atoms with Crippen molar-refractivity contribution in [2.24, 2.45) is 0 Å². The average Bonchev–Trinajstić information content (AvgIpc) is 2.10. The predicted octanol–water partition coefficient (Wildman–Crippen LogP) is 1.75. The highest BCUT2D eigenvalue weighted by atomic mass is 79.9. The summed E-state index contributed by atoms with van der Waals surface area (Å²) in [6, 6.07) is 4.80. The van der Waals surface area contributed by atoms with Crippen LogP contribution in [0.1, 0.15) is 10.4 Å². The molecule has 0 radical (unpaired) electrons. The molecule has 3 N–H and O–H groups in total. The van der Waals surface area contributed by atoms with E-state index in [0.29, 0.717) is 0 Å². The Kier molecular flexibility index (Phi) is 3.57. The van der Waals surface area contributed by atoms with Crippen molar-refractivity contribution in [2.45, 2.75) is 4.83 Å². The second-order valence-electron chi connectivity index (χ2n) is 2.77. The molecule has 0 fully saturated rings. The highest BCUT2D eigenvalue weighted by Crippen LogP contribution is 2.30. The first-order chi connectivity index (χ1) is 6.15. The van der Waals surface area contributed by atoms with Crippen molar-refractivity contribution in [2.75, 3.05) is 13.6 Å². The molecule has 1 rings (SSSR count). The summed E-state index contributed by atoms with van der Waals surface area (Å²) in [4.78, 5) is 0.143. The maximum Gasteiger partial charge on any atom is 0.157 e. The zero-order valence-corrected chi connectivity index (χ0v) is 8.87. The van der Waals surface area contributed by atoms with Gasteiger partial charge in [0.2, 0.25) is 0 Å². The van der Waals surface area contributed by atoms with Crippen LogP contribution in [0.25, 0.3) is 0 Å². The lowest BCUT2D eigenvalue weighted by Crippen LogP contribution is -2.12. The lowest BCUT2D eigenvalue weighted by molar-refractivity contribution is 0.403. The number of alkyl halides is 1. The molecule has 0 amide bonds. The van der Waals surface area contributed by atoms with Gasteiger partial charge in [-0.15, -0.1) is 0 Å². The average molecular weight is 246 g/mol. The second-order valence-corrected chi connectivity index (χ2v) is 3.88. The number of phenolic OH excluding ortho intramolecular Hbond substituents is 2. The third kappa shape index (κ3) is 2.60. The van der Waals surface area contributed by atoms with Crippen LogP contribution in [-0.4, -0.2) is 23.8 Å². The van der Waals surface area contributed by atoms with E-state index in [9.17, 15) is 5.11 Å². The van der Waals surface area contributed by atoms with E-state index in [-0.39, 0.29) is 16.3 Å². The molecule has 0 aliphatic heterocycles. The van der Waals surface area contributed by atoms with Crippen LogP contribution < -0.4 is 5.32 Å². The van der Waals surface area contributed by atoms with Gasteiger partial charge in [-0.05, 0) is 24.7 Å². The summed E-state index contributed by atoms with van der Waals surface area (Å²) < 4.78 is 0. The van der Waals surface area contributed by atoms with Crippen LogP contribution in [0.5, 0.6) is 11.5 Å². The van der Waals surface area contributed by atoms with Crippen LogP contribution in [0.15, 0.2) is 18.2 Å². The van der Waals surface area contributed by atoms with Crippen LogP contribution >= 0.6 is 15.9 Å². The normalized spacial score (nSPS) is 12.8. The van der Waals surface area contributed by atoms with Gasteiger partial charge in [-0.25, -0.2) is 0 Å². The first-order valence-electron chi connectivity index (χ1n) is 3.95. The van der Waals surface area contributed by atoms with Crippen LogP contribution in [0, 0.1) is 0 Å². The number of likely N-dealkylation sites (N-methyl/N-ethyl adjacent to an activating group) is 1. The van der Waals surface area contributed by atoms with Gasteiger partial charge in [-0.3, -0.25) is 0 Å². The summed E-state index contributed by atoms with van der Waals surface area (Å²) in [7, 11) is 1.86. The fourth-order valence-corrected chi connectivity index (χ4v) is 1.64. The van der Waals surface area contributed by atoms with Crippen LogP contribution in [0.3, 0.4) is 0 Å². The summed E-state index contributed by atoms with van der Waals surface area (Å²) in [5.74, 6) is -0.175. The smallest absolute Gasteiger partial charge is 0.157 e. The number of nitrogens with one attached hydrogen (secondary N) is 1. The highest BCUT2D eigenvalue weighted by molar-refractivity contribution is 9.09. The Balaban J connectivity index is 2.84. The summed E-state index contributed by atoms with van der Waals surface area (Å²) in [6.07, 6.45) is 0. The van der Waals surface area contributed by atoms with Crippen LogP contribution in [-0.2, 0) is 0 Å². The van der Waals surface area contributed by atoms with Gasteiger partial charge in [0.05, 0.1) is 4.83 Å². The van der Waals surface area contributed by atoms with Gasteiger partial charge < -0.3 is 15.5 Å². The Morgan fingerprint density at radius 1 is 1.38 bits per heavy atom. The van der Waals surface area contributed by atoms with Gasteiger partial charge in [0.25, 0.3) is 0 Å². The quantitative estimate of drug-likeness (QED) is 0.562. The highest BCUT2D eigenvalue weighted by Gasteiger charge is 2.08. The molecular formula is C9H12BrNO2. The van der Waals surface area contributed by atoms with Crippen molar-refractivity contribution in [1.82, 2.24) is 5.32 Å². The van der Waals surface area contributed by atoms with Crippen LogP contribution in [0.4, 0.5) is 0 Å². The number of halogens is 1. The van der Waals surface area contributed by atoms with Crippen molar-refractivity contribution in [1.29, 1.82) is 0 Å². The van der Waals surface area contributed by atoms with E-state index in [0.717, 1.165) is 12.1 Å². The molecule has 1 unspecified atom stereocenters. The number of benzene rings is 1. The topological polar surface area (TPSA) is 52.5 Å². The van der Waals surface area contributed by atoms with Gasteiger partial charge in [-0.1, -0.05) is 22.0 Å². The molecule has 0 saturated heterocycles. The minimum Gasteiger partial charge on any atom is -0.504 e. The maximum atomic E-state index is 9.23. The predicted molar refractivity (Wildman–Crippen MR) is 55.4 cm³/mol. The zero-order chi connectivity index (χ0) is 9.84. The van der Waals surface area contributed by atoms with E-state index >= 15 is 0 Å². The van der Waals surface area contributed by atoms with E-state index in [1.807, 2.05) is 7.05 Å². The van der Waals surface area contributed by atoms with Gasteiger partial charge in [0, 0.05) is 6.54 Å². The van der Waals surface area contributed by atoms with Crippen LogP contribution in [0.2, 0.25) is 0 Å². The molecule has 0 heterocycles. The Hall–Kier alpha value is -0.740. The summed E-state index contributed by atoms with van der Waals surface area (Å²) in [6.45, 7) is 0.768. The maximum absolute atomic E-state index is 9.23. The third-order valence-electron chi connectivity index (χ3n) is 1.74. The molecule has 0 aliphatic carbocycles. The largest absolute Gasteiger partial charge is 0.504 e. The number of aromatic hydroxyl groups is 2. The van der Waals surface area contributed by atoms with Gasteiger partial charge in [-0.2, -0.15) is 0 Å². The fraction of sp³-hybridized carbons (Fsp3) is 0.333. The molecule has 0 bridgehead atoms. The molecule has 3 nitrogen and oxygen atoms in total. The summed E-state index contributed by atoms with van der Waals surface area (Å²) in [5, 5.41) is 21.3. The lowest BCUT2D eigenvalue weighted by atomic mass is 10.1. The SMILES string of the molecule is CNCC(Br)c1ccc(O)c(O)c1. The number of hydrogen-bond acceptors (Lipinski definition) is 3. The molecular weight excluding hydrogens is 234 g/mol. The minimum atomic E-state index is -0.0899. The van der Waals surface area contributed by atoms with E-state index < -0.39 is 0 Å². The van der Waals surface area contributed by atoms with Crippen molar-refractivity contribution < 1.29 is 10.2 Å². The van der Waals surface area contributed by atoms with Crippen molar-refractivity contribution in [3.63, 3.8) is 0 Å². The molecule has 0 aromatic heterocycles. The van der Waals surface area contributed by atoms with Crippen molar-refractivity contribution in [3.05, 3.63) is 23.8 Å². The molecule has 0 aliphatic rings. The molecule has 1 aromatic carbocycles. The van der Waals surface area contributed by atoms with Crippen molar-refractivity contribution in [3.8, 4) is 11.5 Å². The summed E-state index contributed by atoms with van der Waals surface area (Å²) in [5.41, 5.74) is 0.935. The van der Waals surface area contributed by atoms with Gasteiger partial charge in [0.15, 0.2) is 11.5 Å². The molecule has 72 valence electrons. The molecule has 0 spiro atoms. The number of phenols is 2. The standard InChI is InChI=1S/C9H12BrNO2/c1-11-5-7(10)6-2-3-8(12)9(13)4-6/h2-4,7,11-13H,5H2,1H3. The first-order valence-corrected chi connectivity index (χ1v) is 4.87. The molecule has 0 saturated carbocycles. The molecule has 1 atom stereocenters. The first kappa shape index (κ1) is 10.3. The van der Waals surface area contributed by atoms with E-state index in [4.69, 9.17) is 5.11 Å². The Labute approximate surface area is 85.5 Å². The van der Waals surface area contributed by atoms with E-state index in [1.54, 1.807) is 12.1 Å². The lowest BCUT2D eigenvalue weighted by Gasteiger charge is -2.09. The van der Waals surface area contributed by atoms with Crippen molar-refractivity contribution >= 4 is 15.9 Å². The summed E-state index contributed by atoms with van der Waals surface area (Å²) >= 11 is 3.45. The zero-order valence-electron chi connectivity index (χ0n) is 7.29. The second kappa shape index (κ2) is 4.48. The number of rotatable bonds is 3. The Morgan fingerprint density at radius 3 is 2.62 bits per heavy atom.